The minimum absolute atomic E-state index is 0.0517. The van der Waals surface area contributed by atoms with Gasteiger partial charge in [0, 0.05) is 45.7 Å². The molecule has 0 aliphatic carbocycles. The predicted molar refractivity (Wildman–Crippen MR) is 111 cm³/mol. The summed E-state index contributed by atoms with van der Waals surface area (Å²) in [6.07, 6.45) is 0.682. The van der Waals surface area contributed by atoms with Crippen LogP contribution in [0.15, 0.2) is 22.3 Å². The van der Waals surface area contributed by atoms with Crippen LogP contribution in [0.4, 0.5) is 0 Å². The third kappa shape index (κ3) is 3.69. The Bertz CT molecular complexity index is 1040. The molecule has 0 aromatic carbocycles. The van der Waals surface area contributed by atoms with Gasteiger partial charge in [-0.25, -0.2) is 4.68 Å². The molecule has 8 nitrogen and oxygen atoms in total. The molecule has 1 saturated heterocycles. The highest BCUT2D eigenvalue weighted by atomic mass is 32.1. The van der Waals surface area contributed by atoms with Crippen LogP contribution in [0.3, 0.4) is 0 Å². The summed E-state index contributed by atoms with van der Waals surface area (Å²) in [5, 5.41) is 9.40. The number of nitrogens with zero attached hydrogens (tertiary/aromatic N) is 5. The number of carbonyl (C=O) groups excluding carboxylic acids is 1. The van der Waals surface area contributed by atoms with Gasteiger partial charge in [0.2, 0.25) is 5.91 Å². The average molecular weight is 403 g/mol. The van der Waals surface area contributed by atoms with E-state index in [1.807, 2.05) is 28.8 Å². The molecule has 1 amide bonds. The molecule has 3 aromatic heterocycles. The predicted octanol–water partition coefficient (Wildman–Crippen LogP) is 0.637. The highest BCUT2D eigenvalue weighted by Crippen LogP contribution is 2.24. The van der Waals surface area contributed by atoms with Crippen molar-refractivity contribution in [1.29, 1.82) is 0 Å². The molecule has 0 bridgehead atoms. The molecule has 4 rings (SSSR count). The summed E-state index contributed by atoms with van der Waals surface area (Å²) in [6, 6.07) is 3.90. The van der Waals surface area contributed by atoms with Gasteiger partial charge in [-0.1, -0.05) is 6.92 Å². The number of likely N-dealkylation sites (N-methyl/N-ethyl adjacent to an activating group) is 1. The normalized spacial score (nSPS) is 16.2. The van der Waals surface area contributed by atoms with E-state index in [1.165, 1.54) is 4.68 Å². The number of amides is 1. The van der Waals surface area contributed by atoms with Gasteiger partial charge in [-0.15, -0.1) is 11.3 Å². The monoisotopic (exact) mass is 402 g/mol. The number of fused-ring (bicyclic) bond motifs is 3. The Morgan fingerprint density at radius 1 is 1.25 bits per heavy atom. The molecular formula is C19H26N6O2S. The number of thiophene rings is 1. The minimum atomic E-state index is -0.227. The minimum Gasteiger partial charge on any atom is -0.353 e. The fourth-order valence-corrected chi connectivity index (χ4v) is 4.48. The molecule has 0 radical (unpaired) electrons. The molecule has 1 aliphatic heterocycles. The molecule has 28 heavy (non-hydrogen) atoms. The van der Waals surface area contributed by atoms with Crippen molar-refractivity contribution in [2.75, 3.05) is 46.3 Å². The van der Waals surface area contributed by atoms with Crippen LogP contribution in [0, 0.1) is 0 Å². The summed E-state index contributed by atoms with van der Waals surface area (Å²) in [5.41, 5.74) is 1.36. The maximum atomic E-state index is 12.8. The number of hydrogen-bond acceptors (Lipinski definition) is 6. The molecule has 3 aromatic rings. The maximum absolute atomic E-state index is 12.8. The van der Waals surface area contributed by atoms with Gasteiger partial charge in [0.1, 0.15) is 17.9 Å². The molecule has 0 saturated carbocycles. The van der Waals surface area contributed by atoms with Crippen molar-refractivity contribution < 1.29 is 4.79 Å². The van der Waals surface area contributed by atoms with E-state index in [1.54, 1.807) is 11.3 Å². The van der Waals surface area contributed by atoms with Gasteiger partial charge in [-0.2, -0.15) is 5.10 Å². The molecule has 9 heteroatoms. The van der Waals surface area contributed by atoms with Gasteiger partial charge in [-0.05, 0) is 24.6 Å². The third-order valence-corrected chi connectivity index (χ3v) is 6.18. The Hall–Kier alpha value is -2.23. The first-order valence-corrected chi connectivity index (χ1v) is 10.6. The van der Waals surface area contributed by atoms with Crippen LogP contribution in [0.25, 0.3) is 15.7 Å². The molecule has 150 valence electrons. The molecule has 0 spiro atoms. The largest absolute Gasteiger partial charge is 0.353 e. The number of nitrogens with one attached hydrogen (secondary N) is 1. The lowest BCUT2D eigenvalue weighted by atomic mass is 10.3. The van der Waals surface area contributed by atoms with Crippen molar-refractivity contribution in [2.24, 2.45) is 0 Å². The maximum Gasteiger partial charge on any atom is 0.291 e. The second kappa shape index (κ2) is 8.02. The van der Waals surface area contributed by atoms with Crippen LogP contribution in [0.2, 0.25) is 0 Å². The Morgan fingerprint density at radius 3 is 2.79 bits per heavy atom. The number of rotatable bonds is 6. The number of carbonyl (C=O) groups is 1. The average Bonchev–Trinajstić information content (AvgIpc) is 3.27. The van der Waals surface area contributed by atoms with Crippen molar-refractivity contribution in [3.63, 3.8) is 0 Å². The molecule has 0 atom stereocenters. The van der Waals surface area contributed by atoms with E-state index in [0.29, 0.717) is 18.5 Å². The van der Waals surface area contributed by atoms with E-state index in [4.69, 9.17) is 0 Å². The smallest absolute Gasteiger partial charge is 0.291 e. The standard InChI is InChI=1S/C19H26N6O2S/c1-3-17-21-24(19(27)15-12-16-14(25(15)17)4-11-28-16)13-18(26)20-5-6-23-9-7-22(2)8-10-23/h4,11-12H,3,5-10,13H2,1-2H3,(H,20,26). The Balaban J connectivity index is 1.44. The zero-order valence-corrected chi connectivity index (χ0v) is 17.2. The Kier molecular flexibility index (Phi) is 5.47. The van der Waals surface area contributed by atoms with Crippen LogP contribution in [0.5, 0.6) is 0 Å². The lowest BCUT2D eigenvalue weighted by molar-refractivity contribution is -0.122. The van der Waals surface area contributed by atoms with E-state index < -0.39 is 0 Å². The molecule has 0 unspecified atom stereocenters. The summed E-state index contributed by atoms with van der Waals surface area (Å²) < 4.78 is 4.27. The fraction of sp³-hybridized carbons (Fsp3) is 0.526. The van der Waals surface area contributed by atoms with Crippen LogP contribution >= 0.6 is 11.3 Å². The van der Waals surface area contributed by atoms with Gasteiger partial charge in [0.05, 0.1) is 10.2 Å². The molecular weight excluding hydrogens is 376 g/mol. The zero-order valence-electron chi connectivity index (χ0n) is 16.3. The van der Waals surface area contributed by atoms with Gasteiger partial charge in [0.15, 0.2) is 0 Å². The first-order valence-electron chi connectivity index (χ1n) is 9.73. The third-order valence-electron chi connectivity index (χ3n) is 5.33. The second-order valence-electron chi connectivity index (χ2n) is 7.26. The first kappa shape index (κ1) is 19.1. The topological polar surface area (TPSA) is 74.9 Å². The van der Waals surface area contributed by atoms with E-state index >= 15 is 0 Å². The van der Waals surface area contributed by atoms with Crippen molar-refractivity contribution >= 4 is 33.0 Å². The number of aryl methyl sites for hydroxylation is 1. The van der Waals surface area contributed by atoms with Crippen LogP contribution in [0.1, 0.15) is 12.7 Å². The van der Waals surface area contributed by atoms with E-state index in [9.17, 15) is 9.59 Å². The number of piperazine rings is 1. The molecule has 4 heterocycles. The lowest BCUT2D eigenvalue weighted by Crippen LogP contribution is -2.47. The van der Waals surface area contributed by atoms with Crippen molar-refractivity contribution in [3.8, 4) is 0 Å². The summed E-state index contributed by atoms with van der Waals surface area (Å²) in [4.78, 5) is 29.9. The fourth-order valence-electron chi connectivity index (χ4n) is 3.68. The van der Waals surface area contributed by atoms with Gasteiger partial charge in [-0.3, -0.25) is 18.9 Å². The molecule has 1 N–H and O–H groups in total. The first-order chi connectivity index (χ1) is 13.6. The van der Waals surface area contributed by atoms with Crippen LogP contribution in [-0.2, 0) is 17.8 Å². The quantitative estimate of drug-likeness (QED) is 0.655. The van der Waals surface area contributed by atoms with Crippen LogP contribution in [-0.4, -0.2) is 76.2 Å². The molecule has 1 aliphatic rings. The Labute approximate surface area is 167 Å². The zero-order chi connectivity index (χ0) is 19.7. The van der Waals surface area contributed by atoms with Gasteiger partial charge in [0.25, 0.3) is 5.56 Å². The SMILES string of the molecule is CCc1nn(CC(=O)NCCN2CCN(C)CC2)c(=O)c2cc3sccc3n12. The highest BCUT2D eigenvalue weighted by molar-refractivity contribution is 7.17. The number of aromatic nitrogens is 3. The summed E-state index contributed by atoms with van der Waals surface area (Å²) in [5.74, 6) is 0.608. The van der Waals surface area contributed by atoms with E-state index in [-0.39, 0.29) is 18.0 Å². The Morgan fingerprint density at radius 2 is 2.04 bits per heavy atom. The van der Waals surface area contributed by atoms with E-state index in [2.05, 4.69) is 27.3 Å². The highest BCUT2D eigenvalue weighted by Gasteiger charge is 2.16. The summed E-state index contributed by atoms with van der Waals surface area (Å²) in [6.45, 7) is 7.53. The van der Waals surface area contributed by atoms with E-state index in [0.717, 1.165) is 48.8 Å². The van der Waals surface area contributed by atoms with Gasteiger partial charge >= 0.3 is 0 Å². The lowest BCUT2D eigenvalue weighted by Gasteiger charge is -2.32. The van der Waals surface area contributed by atoms with Crippen molar-refractivity contribution in [2.45, 2.75) is 19.9 Å². The molecule has 1 fully saturated rings. The summed E-state index contributed by atoms with van der Waals surface area (Å²) in [7, 11) is 2.12. The summed E-state index contributed by atoms with van der Waals surface area (Å²) >= 11 is 1.60. The van der Waals surface area contributed by atoms with Gasteiger partial charge < -0.3 is 10.2 Å². The number of hydrogen-bond donors (Lipinski definition) is 1. The second-order valence-corrected chi connectivity index (χ2v) is 8.21. The van der Waals surface area contributed by atoms with Crippen molar-refractivity contribution in [1.82, 2.24) is 29.3 Å². The van der Waals surface area contributed by atoms with Crippen molar-refractivity contribution in [3.05, 3.63) is 33.7 Å². The van der Waals surface area contributed by atoms with Crippen LogP contribution < -0.4 is 10.9 Å².